The molecule has 106 valence electrons. The van der Waals surface area contributed by atoms with Crippen molar-refractivity contribution in [3.8, 4) is 0 Å². The summed E-state index contributed by atoms with van der Waals surface area (Å²) in [6.45, 7) is 1.79. The van der Waals surface area contributed by atoms with Crippen LogP contribution in [-0.4, -0.2) is 8.42 Å². The molecule has 0 fully saturated rings. The van der Waals surface area contributed by atoms with Crippen molar-refractivity contribution >= 4 is 37.6 Å². The summed E-state index contributed by atoms with van der Waals surface area (Å²) in [6, 6.07) is 13.7. The predicted octanol–water partition coefficient (Wildman–Crippen LogP) is 4.14. The van der Waals surface area contributed by atoms with Crippen LogP contribution in [-0.2, 0) is 10.0 Å². The Hall–Kier alpha value is -0.880. The third-order valence-electron chi connectivity index (χ3n) is 2.81. The highest BCUT2D eigenvalue weighted by Gasteiger charge is 2.21. The highest BCUT2D eigenvalue weighted by atomic mass is 79.9. The second-order valence-electron chi connectivity index (χ2n) is 4.33. The molecule has 0 unspecified atom stereocenters. The fraction of sp³-hybridized carbons (Fsp3) is 0.143. The minimum Gasteiger partial charge on any atom is -0.207 e. The van der Waals surface area contributed by atoms with Crippen LogP contribution in [0, 0.1) is 0 Å². The maximum atomic E-state index is 12.3. The number of hydrogen-bond acceptors (Lipinski definition) is 2. The average molecular weight is 375 g/mol. The van der Waals surface area contributed by atoms with Gasteiger partial charge in [0, 0.05) is 10.5 Å². The molecule has 0 saturated carbocycles. The molecule has 0 amide bonds. The van der Waals surface area contributed by atoms with Gasteiger partial charge in [0.1, 0.15) is 4.90 Å². The van der Waals surface area contributed by atoms with E-state index in [0.29, 0.717) is 0 Å². The molecule has 0 radical (unpaired) electrons. The highest BCUT2D eigenvalue weighted by molar-refractivity contribution is 9.10. The highest BCUT2D eigenvalue weighted by Crippen LogP contribution is 2.26. The number of sulfonamides is 1. The van der Waals surface area contributed by atoms with Crippen molar-refractivity contribution in [1.82, 2.24) is 4.72 Å². The zero-order valence-electron chi connectivity index (χ0n) is 10.7. The SMILES string of the molecule is C[C@H](NS(=O)(=O)c1ccc(Br)cc1Cl)c1ccccc1. The molecule has 20 heavy (non-hydrogen) atoms. The molecule has 2 rings (SSSR count). The van der Waals surface area contributed by atoms with Crippen LogP contribution in [0.15, 0.2) is 57.9 Å². The van der Waals surface area contributed by atoms with Crippen molar-refractivity contribution in [1.29, 1.82) is 0 Å². The minimum absolute atomic E-state index is 0.0742. The molecule has 0 aliphatic heterocycles. The lowest BCUT2D eigenvalue weighted by Gasteiger charge is -2.15. The molecular weight excluding hydrogens is 362 g/mol. The lowest BCUT2D eigenvalue weighted by atomic mass is 10.1. The fourth-order valence-corrected chi connectivity index (χ4v) is 4.07. The average Bonchev–Trinajstić information content (AvgIpc) is 2.38. The van der Waals surface area contributed by atoms with E-state index in [9.17, 15) is 8.42 Å². The molecule has 0 aliphatic rings. The lowest BCUT2D eigenvalue weighted by molar-refractivity contribution is 0.567. The first-order valence-corrected chi connectivity index (χ1v) is 8.58. The van der Waals surface area contributed by atoms with Gasteiger partial charge in [0.25, 0.3) is 0 Å². The number of hydrogen-bond donors (Lipinski definition) is 1. The first-order chi connectivity index (χ1) is 9.40. The Labute approximate surface area is 132 Å². The smallest absolute Gasteiger partial charge is 0.207 e. The van der Waals surface area contributed by atoms with Crippen LogP contribution in [0.4, 0.5) is 0 Å². The van der Waals surface area contributed by atoms with Crippen molar-refractivity contribution in [3.63, 3.8) is 0 Å². The number of halogens is 2. The summed E-state index contributed by atoms with van der Waals surface area (Å²) in [5, 5.41) is 0.187. The Morgan fingerprint density at radius 3 is 2.40 bits per heavy atom. The van der Waals surface area contributed by atoms with Crippen LogP contribution in [0.1, 0.15) is 18.5 Å². The molecule has 2 aromatic rings. The van der Waals surface area contributed by atoms with Crippen LogP contribution < -0.4 is 4.72 Å². The molecular formula is C14H13BrClNO2S. The van der Waals surface area contributed by atoms with Crippen LogP contribution in [0.2, 0.25) is 5.02 Å². The van der Waals surface area contributed by atoms with Crippen molar-refractivity contribution in [3.05, 3.63) is 63.6 Å². The van der Waals surface area contributed by atoms with Crippen LogP contribution in [0.5, 0.6) is 0 Å². The van der Waals surface area contributed by atoms with Gasteiger partial charge in [0.15, 0.2) is 0 Å². The van der Waals surface area contributed by atoms with Gasteiger partial charge in [-0.1, -0.05) is 57.9 Å². The second kappa shape index (κ2) is 6.26. The van der Waals surface area contributed by atoms with Gasteiger partial charge in [-0.3, -0.25) is 0 Å². The zero-order chi connectivity index (χ0) is 14.8. The summed E-state index contributed by atoms with van der Waals surface area (Å²) in [5.74, 6) is 0. The Balaban J connectivity index is 2.28. The van der Waals surface area contributed by atoms with Gasteiger partial charge < -0.3 is 0 Å². The van der Waals surface area contributed by atoms with Crippen molar-refractivity contribution in [2.45, 2.75) is 17.9 Å². The number of nitrogens with one attached hydrogen (secondary N) is 1. The van der Waals surface area contributed by atoms with Gasteiger partial charge in [0.05, 0.1) is 5.02 Å². The molecule has 0 bridgehead atoms. The fourth-order valence-electron chi connectivity index (χ4n) is 1.80. The van der Waals surface area contributed by atoms with E-state index >= 15 is 0 Å². The van der Waals surface area contributed by atoms with E-state index in [-0.39, 0.29) is 16.0 Å². The van der Waals surface area contributed by atoms with Gasteiger partial charge >= 0.3 is 0 Å². The van der Waals surface area contributed by atoms with Gasteiger partial charge in [-0.15, -0.1) is 0 Å². The summed E-state index contributed by atoms with van der Waals surface area (Å²) in [4.78, 5) is 0.0742. The maximum Gasteiger partial charge on any atom is 0.242 e. The Bertz CT molecular complexity index is 704. The van der Waals surface area contributed by atoms with E-state index in [2.05, 4.69) is 20.7 Å². The molecule has 3 nitrogen and oxygen atoms in total. The molecule has 0 aromatic heterocycles. The molecule has 1 atom stereocenters. The first-order valence-electron chi connectivity index (χ1n) is 5.92. The van der Waals surface area contributed by atoms with Crippen molar-refractivity contribution in [2.75, 3.05) is 0 Å². The van der Waals surface area contributed by atoms with Crippen molar-refractivity contribution in [2.24, 2.45) is 0 Å². The monoisotopic (exact) mass is 373 g/mol. The number of benzene rings is 2. The second-order valence-corrected chi connectivity index (χ2v) is 7.33. The van der Waals surface area contributed by atoms with Crippen LogP contribution in [0.25, 0.3) is 0 Å². The molecule has 2 aromatic carbocycles. The number of rotatable bonds is 4. The molecule has 0 saturated heterocycles. The van der Waals surface area contributed by atoms with Crippen LogP contribution in [0.3, 0.4) is 0 Å². The zero-order valence-corrected chi connectivity index (χ0v) is 13.8. The van der Waals surface area contributed by atoms with E-state index in [1.807, 2.05) is 30.3 Å². The molecule has 0 heterocycles. The summed E-state index contributed by atoms with van der Waals surface area (Å²) < 4.78 is 28.0. The lowest BCUT2D eigenvalue weighted by Crippen LogP contribution is -2.27. The molecule has 0 spiro atoms. The largest absolute Gasteiger partial charge is 0.242 e. The summed E-state index contributed by atoms with van der Waals surface area (Å²) >= 11 is 9.25. The van der Waals surface area contributed by atoms with Gasteiger partial charge in [-0.2, -0.15) is 0 Å². The summed E-state index contributed by atoms with van der Waals surface area (Å²) in [6.07, 6.45) is 0. The Morgan fingerprint density at radius 2 is 1.80 bits per heavy atom. The van der Waals surface area contributed by atoms with Gasteiger partial charge in [-0.05, 0) is 30.7 Å². The summed E-state index contributed by atoms with van der Waals surface area (Å²) in [7, 11) is -3.66. The van der Waals surface area contributed by atoms with E-state index in [1.165, 1.54) is 6.07 Å². The Morgan fingerprint density at radius 1 is 1.15 bits per heavy atom. The van der Waals surface area contributed by atoms with Gasteiger partial charge in [0.2, 0.25) is 10.0 Å². The van der Waals surface area contributed by atoms with Gasteiger partial charge in [-0.25, -0.2) is 13.1 Å². The topological polar surface area (TPSA) is 46.2 Å². The first kappa shape index (κ1) is 15.5. The standard InChI is InChI=1S/C14H13BrClNO2S/c1-10(11-5-3-2-4-6-11)17-20(18,19)14-8-7-12(15)9-13(14)16/h2-10,17H,1H3/t10-/m0/s1. The summed E-state index contributed by atoms with van der Waals surface area (Å²) in [5.41, 5.74) is 0.893. The minimum atomic E-state index is -3.66. The Kier molecular flexibility index (Phi) is 4.86. The third-order valence-corrected chi connectivity index (χ3v) is 5.33. The predicted molar refractivity (Wildman–Crippen MR) is 84.3 cm³/mol. The molecule has 0 aliphatic carbocycles. The molecule has 1 N–H and O–H groups in total. The normalized spacial score (nSPS) is 13.2. The van der Waals surface area contributed by atoms with E-state index in [1.54, 1.807) is 19.1 Å². The van der Waals surface area contributed by atoms with E-state index in [0.717, 1.165) is 10.0 Å². The van der Waals surface area contributed by atoms with E-state index < -0.39 is 10.0 Å². The van der Waals surface area contributed by atoms with E-state index in [4.69, 9.17) is 11.6 Å². The quantitative estimate of drug-likeness (QED) is 0.874. The van der Waals surface area contributed by atoms with Crippen molar-refractivity contribution < 1.29 is 8.42 Å². The third kappa shape index (κ3) is 3.61. The maximum absolute atomic E-state index is 12.3. The molecule has 6 heteroatoms. The van der Waals surface area contributed by atoms with Crippen LogP contribution >= 0.6 is 27.5 Å².